The number of hydrogen-bond acceptors (Lipinski definition) is 2. The molecule has 1 aromatic rings. The van der Waals surface area contributed by atoms with Gasteiger partial charge < -0.3 is 9.64 Å². The molecule has 0 N–H and O–H groups in total. The lowest BCUT2D eigenvalue weighted by atomic mass is 10.2. The van der Waals surface area contributed by atoms with Crippen molar-refractivity contribution in [2.24, 2.45) is 0 Å². The number of nitrogens with zero attached hydrogens (tertiary/aromatic N) is 1. The van der Waals surface area contributed by atoms with E-state index in [1.165, 1.54) is 0 Å². The predicted molar refractivity (Wildman–Crippen MR) is 76.3 cm³/mol. The molecule has 3 nitrogen and oxygen atoms in total. The zero-order valence-electron chi connectivity index (χ0n) is 11.4. The van der Waals surface area contributed by atoms with Gasteiger partial charge in [0.25, 0.3) is 0 Å². The number of halogens is 1. The Morgan fingerprint density at radius 2 is 1.94 bits per heavy atom. The second-order valence-corrected chi connectivity index (χ2v) is 6.10. The highest BCUT2D eigenvalue weighted by Crippen LogP contribution is 2.17. The smallest absolute Gasteiger partial charge is 0.248 e. The number of benzene rings is 1. The molecule has 0 spiro atoms. The van der Waals surface area contributed by atoms with Crippen molar-refractivity contribution in [1.29, 1.82) is 0 Å². The molecule has 0 radical (unpaired) electrons. The third-order valence-electron chi connectivity index (χ3n) is 2.42. The fourth-order valence-electron chi connectivity index (χ4n) is 1.36. The molecule has 4 heteroatoms. The van der Waals surface area contributed by atoms with Crippen LogP contribution in [-0.2, 0) is 16.1 Å². The Morgan fingerprint density at radius 3 is 2.50 bits per heavy atom. The SMILES string of the molecule is CN(Cc1ccccc1Br)C(=O)COC(C)(C)C. The van der Waals surface area contributed by atoms with Crippen LogP contribution in [0.5, 0.6) is 0 Å². The number of amides is 1. The molecule has 100 valence electrons. The van der Waals surface area contributed by atoms with Crippen LogP contribution >= 0.6 is 15.9 Å². The molecule has 0 unspecified atom stereocenters. The maximum atomic E-state index is 11.9. The van der Waals surface area contributed by atoms with Crippen LogP contribution in [-0.4, -0.2) is 30.1 Å². The van der Waals surface area contributed by atoms with Crippen molar-refractivity contribution in [3.8, 4) is 0 Å². The maximum Gasteiger partial charge on any atom is 0.248 e. The third-order valence-corrected chi connectivity index (χ3v) is 3.19. The summed E-state index contributed by atoms with van der Waals surface area (Å²) < 4.78 is 6.49. The van der Waals surface area contributed by atoms with Crippen LogP contribution in [0.15, 0.2) is 28.7 Å². The van der Waals surface area contributed by atoms with Gasteiger partial charge >= 0.3 is 0 Å². The summed E-state index contributed by atoms with van der Waals surface area (Å²) in [6.07, 6.45) is 0. The molecule has 1 rings (SSSR count). The highest BCUT2D eigenvalue weighted by atomic mass is 79.9. The fourth-order valence-corrected chi connectivity index (χ4v) is 1.77. The lowest BCUT2D eigenvalue weighted by molar-refractivity contribution is -0.140. The second kappa shape index (κ2) is 6.34. The number of carbonyl (C=O) groups excluding carboxylic acids is 1. The quantitative estimate of drug-likeness (QED) is 0.854. The lowest BCUT2D eigenvalue weighted by Gasteiger charge is -2.23. The number of hydrogen-bond donors (Lipinski definition) is 0. The Kier molecular flexibility index (Phi) is 5.35. The predicted octanol–water partition coefficient (Wildman–Crippen LogP) is 3.22. The van der Waals surface area contributed by atoms with Gasteiger partial charge in [-0.2, -0.15) is 0 Å². The third kappa shape index (κ3) is 5.19. The van der Waals surface area contributed by atoms with Crippen LogP contribution in [0.2, 0.25) is 0 Å². The molecule has 0 aliphatic carbocycles. The molecule has 0 aliphatic rings. The average Bonchev–Trinajstić information content (AvgIpc) is 2.28. The first-order valence-electron chi connectivity index (χ1n) is 5.91. The summed E-state index contributed by atoms with van der Waals surface area (Å²) in [5.41, 5.74) is 0.799. The number of carbonyl (C=O) groups is 1. The minimum Gasteiger partial charge on any atom is -0.366 e. The van der Waals surface area contributed by atoms with E-state index in [0.29, 0.717) is 6.54 Å². The van der Waals surface area contributed by atoms with Crippen LogP contribution < -0.4 is 0 Å². The molecule has 0 saturated heterocycles. The van der Waals surface area contributed by atoms with Crippen LogP contribution in [0.1, 0.15) is 26.3 Å². The van der Waals surface area contributed by atoms with E-state index in [4.69, 9.17) is 4.74 Å². The molecule has 0 aliphatic heterocycles. The summed E-state index contributed by atoms with van der Waals surface area (Å²) in [7, 11) is 1.79. The molecular weight excluding hydrogens is 294 g/mol. The molecule has 0 atom stereocenters. The van der Waals surface area contributed by atoms with E-state index in [0.717, 1.165) is 10.0 Å². The Labute approximate surface area is 117 Å². The molecule has 18 heavy (non-hydrogen) atoms. The van der Waals surface area contributed by atoms with E-state index in [1.54, 1.807) is 11.9 Å². The van der Waals surface area contributed by atoms with Gasteiger partial charge in [0.1, 0.15) is 6.61 Å². The maximum absolute atomic E-state index is 11.9. The zero-order chi connectivity index (χ0) is 13.8. The van der Waals surface area contributed by atoms with Crippen LogP contribution in [0, 0.1) is 0 Å². The van der Waals surface area contributed by atoms with Gasteiger partial charge in [-0.1, -0.05) is 34.1 Å². The first-order valence-corrected chi connectivity index (χ1v) is 6.70. The summed E-state index contributed by atoms with van der Waals surface area (Å²) in [5, 5.41) is 0. The Balaban J connectivity index is 2.53. The Morgan fingerprint density at radius 1 is 1.33 bits per heavy atom. The molecule has 0 fully saturated rings. The van der Waals surface area contributed by atoms with Gasteiger partial charge in [0, 0.05) is 18.1 Å². The van der Waals surface area contributed by atoms with Crippen molar-refractivity contribution in [3.05, 3.63) is 34.3 Å². The van der Waals surface area contributed by atoms with Crippen molar-refractivity contribution >= 4 is 21.8 Å². The van der Waals surface area contributed by atoms with Crippen molar-refractivity contribution < 1.29 is 9.53 Å². The summed E-state index contributed by atoms with van der Waals surface area (Å²) in [6, 6.07) is 7.89. The monoisotopic (exact) mass is 313 g/mol. The van der Waals surface area contributed by atoms with Gasteiger partial charge in [0.05, 0.1) is 5.60 Å². The van der Waals surface area contributed by atoms with Crippen LogP contribution in [0.25, 0.3) is 0 Å². The normalized spacial score (nSPS) is 11.4. The van der Waals surface area contributed by atoms with Gasteiger partial charge in [0.2, 0.25) is 5.91 Å². The van der Waals surface area contributed by atoms with Gasteiger partial charge in [-0.15, -0.1) is 0 Å². The number of rotatable bonds is 4. The average molecular weight is 314 g/mol. The first-order chi connectivity index (χ1) is 8.29. The van der Waals surface area contributed by atoms with E-state index in [-0.39, 0.29) is 18.1 Å². The largest absolute Gasteiger partial charge is 0.366 e. The standard InChI is InChI=1S/C14H20BrNO2/c1-14(2,3)18-10-13(17)16(4)9-11-7-5-6-8-12(11)15/h5-8H,9-10H2,1-4H3. The van der Waals surface area contributed by atoms with E-state index < -0.39 is 0 Å². The van der Waals surface area contributed by atoms with Crippen molar-refractivity contribution in [2.45, 2.75) is 32.9 Å². The van der Waals surface area contributed by atoms with E-state index >= 15 is 0 Å². The highest BCUT2D eigenvalue weighted by Gasteiger charge is 2.16. The minimum absolute atomic E-state index is 0.0133. The molecule has 1 aromatic carbocycles. The van der Waals surface area contributed by atoms with Crippen molar-refractivity contribution in [3.63, 3.8) is 0 Å². The van der Waals surface area contributed by atoms with Crippen molar-refractivity contribution in [2.75, 3.05) is 13.7 Å². The van der Waals surface area contributed by atoms with Crippen LogP contribution in [0.3, 0.4) is 0 Å². The molecule has 0 saturated carbocycles. The van der Waals surface area contributed by atoms with Gasteiger partial charge in [-0.05, 0) is 32.4 Å². The number of likely N-dealkylation sites (N-methyl/N-ethyl adjacent to an activating group) is 1. The fraction of sp³-hybridized carbons (Fsp3) is 0.500. The highest BCUT2D eigenvalue weighted by molar-refractivity contribution is 9.10. The number of ether oxygens (including phenoxy) is 1. The summed E-state index contributed by atoms with van der Waals surface area (Å²) in [6.45, 7) is 6.51. The molecule has 0 aromatic heterocycles. The molecule has 1 amide bonds. The van der Waals surface area contributed by atoms with E-state index in [2.05, 4.69) is 15.9 Å². The molecular formula is C14H20BrNO2. The van der Waals surface area contributed by atoms with Crippen LogP contribution in [0.4, 0.5) is 0 Å². The summed E-state index contributed by atoms with van der Waals surface area (Å²) in [5.74, 6) is -0.0133. The summed E-state index contributed by atoms with van der Waals surface area (Å²) in [4.78, 5) is 13.6. The Bertz CT molecular complexity index is 413. The summed E-state index contributed by atoms with van der Waals surface area (Å²) >= 11 is 3.48. The lowest BCUT2D eigenvalue weighted by Crippen LogP contribution is -2.33. The van der Waals surface area contributed by atoms with Crippen molar-refractivity contribution in [1.82, 2.24) is 4.90 Å². The second-order valence-electron chi connectivity index (χ2n) is 5.24. The van der Waals surface area contributed by atoms with E-state index in [1.807, 2.05) is 45.0 Å². The topological polar surface area (TPSA) is 29.5 Å². The van der Waals surface area contributed by atoms with Gasteiger partial charge in [-0.3, -0.25) is 4.79 Å². The Hall–Kier alpha value is -0.870. The van der Waals surface area contributed by atoms with Gasteiger partial charge in [-0.25, -0.2) is 0 Å². The van der Waals surface area contributed by atoms with Gasteiger partial charge in [0.15, 0.2) is 0 Å². The molecule has 0 heterocycles. The first kappa shape index (κ1) is 15.2. The van der Waals surface area contributed by atoms with E-state index in [9.17, 15) is 4.79 Å². The minimum atomic E-state index is -0.288. The molecule has 0 bridgehead atoms. The zero-order valence-corrected chi connectivity index (χ0v) is 13.0.